The number of pyridine rings is 1. The molecular weight excluding hydrogens is 431 g/mol. The van der Waals surface area contributed by atoms with E-state index in [9.17, 15) is 4.79 Å². The van der Waals surface area contributed by atoms with E-state index in [2.05, 4.69) is 5.32 Å². The average Bonchev–Trinajstić information content (AvgIpc) is 2.80. The third-order valence-electron chi connectivity index (χ3n) is 5.03. The molecule has 0 fully saturated rings. The lowest BCUT2D eigenvalue weighted by molar-refractivity contribution is 0.0955. The zero-order chi connectivity index (χ0) is 21.8. The van der Waals surface area contributed by atoms with Crippen LogP contribution in [0, 0.1) is 0 Å². The summed E-state index contributed by atoms with van der Waals surface area (Å²) in [7, 11) is 1.64. The third-order valence-corrected chi connectivity index (χ3v) is 5.77. The number of halogens is 2. The van der Waals surface area contributed by atoms with Gasteiger partial charge in [-0.15, -0.1) is 0 Å². The maximum atomic E-state index is 13.0. The van der Waals surface area contributed by atoms with Crippen molar-refractivity contribution in [3.8, 4) is 17.0 Å². The van der Waals surface area contributed by atoms with Crippen molar-refractivity contribution in [1.82, 2.24) is 10.3 Å². The molecule has 31 heavy (non-hydrogen) atoms. The summed E-state index contributed by atoms with van der Waals surface area (Å²) in [6, 6.07) is 22.5. The molecule has 1 aromatic heterocycles. The topological polar surface area (TPSA) is 51.2 Å². The van der Waals surface area contributed by atoms with E-state index in [0.717, 1.165) is 34.2 Å². The molecule has 3 aromatic carbocycles. The highest BCUT2D eigenvalue weighted by molar-refractivity contribution is 6.42. The van der Waals surface area contributed by atoms with Crippen molar-refractivity contribution in [2.24, 2.45) is 0 Å². The Balaban J connectivity index is 1.59. The summed E-state index contributed by atoms with van der Waals surface area (Å²) >= 11 is 12.2. The van der Waals surface area contributed by atoms with Gasteiger partial charge < -0.3 is 10.1 Å². The van der Waals surface area contributed by atoms with Crippen molar-refractivity contribution < 1.29 is 9.53 Å². The number of aromatic nitrogens is 1. The minimum absolute atomic E-state index is 0.145. The lowest BCUT2D eigenvalue weighted by Gasteiger charge is -2.11. The largest absolute Gasteiger partial charge is 0.497 e. The first-order valence-electron chi connectivity index (χ1n) is 9.81. The maximum absolute atomic E-state index is 13.0. The number of nitrogens with zero attached hydrogens (tertiary/aromatic N) is 1. The molecule has 4 nitrogen and oxygen atoms in total. The highest BCUT2D eigenvalue weighted by Gasteiger charge is 2.14. The molecule has 0 aliphatic carbocycles. The molecule has 0 saturated heterocycles. The van der Waals surface area contributed by atoms with Gasteiger partial charge in [0.05, 0.1) is 33.9 Å². The van der Waals surface area contributed by atoms with Crippen molar-refractivity contribution in [3.63, 3.8) is 0 Å². The fourth-order valence-electron chi connectivity index (χ4n) is 3.37. The van der Waals surface area contributed by atoms with E-state index in [1.807, 2.05) is 54.6 Å². The summed E-state index contributed by atoms with van der Waals surface area (Å²) in [5.74, 6) is 0.666. The SMILES string of the molecule is COc1ccc(CCNC(=O)c2cc(-c3ccc(Cl)c(Cl)c3)nc3ccccc23)cc1. The molecule has 1 amide bonds. The predicted molar refractivity (Wildman–Crippen MR) is 126 cm³/mol. The van der Waals surface area contributed by atoms with Crippen LogP contribution in [-0.4, -0.2) is 24.5 Å². The zero-order valence-corrected chi connectivity index (χ0v) is 18.4. The molecule has 4 aromatic rings. The number of ether oxygens (including phenoxy) is 1. The Kier molecular flexibility index (Phi) is 6.40. The van der Waals surface area contributed by atoms with Crippen LogP contribution >= 0.6 is 23.2 Å². The van der Waals surface area contributed by atoms with E-state index in [4.69, 9.17) is 32.9 Å². The highest BCUT2D eigenvalue weighted by atomic mass is 35.5. The van der Waals surface area contributed by atoms with Gasteiger partial charge in [-0.3, -0.25) is 4.79 Å². The van der Waals surface area contributed by atoms with Gasteiger partial charge in [0.2, 0.25) is 0 Å². The summed E-state index contributed by atoms with van der Waals surface area (Å²) in [6.45, 7) is 0.518. The molecule has 0 atom stereocenters. The minimum Gasteiger partial charge on any atom is -0.497 e. The van der Waals surface area contributed by atoms with Crippen LogP contribution in [0.4, 0.5) is 0 Å². The van der Waals surface area contributed by atoms with Crippen molar-refractivity contribution in [2.75, 3.05) is 13.7 Å². The van der Waals surface area contributed by atoms with Gasteiger partial charge in [0.15, 0.2) is 0 Å². The van der Waals surface area contributed by atoms with Crippen molar-refractivity contribution in [2.45, 2.75) is 6.42 Å². The van der Waals surface area contributed by atoms with Crippen molar-refractivity contribution in [3.05, 3.63) is 94.0 Å². The third kappa shape index (κ3) is 4.82. The fourth-order valence-corrected chi connectivity index (χ4v) is 3.67. The van der Waals surface area contributed by atoms with Crippen LogP contribution in [-0.2, 0) is 6.42 Å². The second-order valence-electron chi connectivity index (χ2n) is 7.06. The van der Waals surface area contributed by atoms with E-state index >= 15 is 0 Å². The molecule has 0 spiro atoms. The van der Waals surface area contributed by atoms with Gasteiger partial charge in [0, 0.05) is 17.5 Å². The second-order valence-corrected chi connectivity index (χ2v) is 7.87. The number of hydrogen-bond donors (Lipinski definition) is 1. The molecular formula is C25H20Cl2N2O2. The highest BCUT2D eigenvalue weighted by Crippen LogP contribution is 2.30. The first-order valence-corrected chi connectivity index (χ1v) is 10.6. The molecule has 0 aliphatic heterocycles. The number of rotatable bonds is 6. The number of hydrogen-bond acceptors (Lipinski definition) is 3. The van der Waals surface area contributed by atoms with Gasteiger partial charge in [-0.2, -0.15) is 0 Å². The van der Waals surface area contributed by atoms with Gasteiger partial charge in [0.1, 0.15) is 5.75 Å². The van der Waals surface area contributed by atoms with Gasteiger partial charge in [0.25, 0.3) is 5.91 Å². The van der Waals surface area contributed by atoms with Crippen LogP contribution in [0.3, 0.4) is 0 Å². The van der Waals surface area contributed by atoms with Crippen LogP contribution < -0.4 is 10.1 Å². The van der Waals surface area contributed by atoms with Gasteiger partial charge >= 0.3 is 0 Å². The van der Waals surface area contributed by atoms with Gasteiger partial charge in [-0.05, 0) is 48.4 Å². The zero-order valence-electron chi connectivity index (χ0n) is 16.9. The molecule has 1 N–H and O–H groups in total. The molecule has 156 valence electrons. The number of fused-ring (bicyclic) bond motifs is 1. The average molecular weight is 451 g/mol. The lowest BCUT2D eigenvalue weighted by Crippen LogP contribution is -2.26. The molecule has 0 saturated carbocycles. The number of methoxy groups -OCH3 is 1. The van der Waals surface area contributed by atoms with Gasteiger partial charge in [-0.1, -0.05) is 59.6 Å². The monoisotopic (exact) mass is 450 g/mol. The molecule has 6 heteroatoms. The molecule has 0 bridgehead atoms. The molecule has 0 aliphatic rings. The maximum Gasteiger partial charge on any atom is 0.252 e. The number of carbonyl (C=O) groups excluding carboxylic acids is 1. The summed E-state index contributed by atoms with van der Waals surface area (Å²) in [6.07, 6.45) is 0.721. The Labute approximate surface area is 190 Å². The normalized spacial score (nSPS) is 10.8. The Morgan fingerprint density at radius 3 is 2.48 bits per heavy atom. The summed E-state index contributed by atoms with van der Waals surface area (Å²) in [4.78, 5) is 17.8. The Morgan fingerprint density at radius 2 is 1.74 bits per heavy atom. The number of benzene rings is 3. The van der Waals surface area contributed by atoms with Crippen LogP contribution in [0.1, 0.15) is 15.9 Å². The Bertz CT molecular complexity index is 1240. The van der Waals surface area contributed by atoms with E-state index in [1.54, 1.807) is 25.3 Å². The standard InChI is InChI=1S/C25H20Cl2N2O2/c1-31-18-9-6-16(7-10-18)12-13-28-25(30)20-15-24(17-8-11-21(26)22(27)14-17)29-23-5-3-2-4-19(20)23/h2-11,14-15H,12-13H2,1H3,(H,28,30). The van der Waals surface area contributed by atoms with Crippen molar-refractivity contribution in [1.29, 1.82) is 0 Å². The number of carbonyl (C=O) groups is 1. The quantitative estimate of drug-likeness (QED) is 0.380. The van der Waals surface area contributed by atoms with Crippen molar-refractivity contribution >= 4 is 40.0 Å². The van der Waals surface area contributed by atoms with E-state index in [0.29, 0.717) is 27.8 Å². The lowest BCUT2D eigenvalue weighted by atomic mass is 10.0. The smallest absolute Gasteiger partial charge is 0.252 e. The Morgan fingerprint density at radius 1 is 0.968 bits per heavy atom. The molecule has 4 rings (SSSR count). The Hall–Kier alpha value is -3.08. The molecule has 1 heterocycles. The van der Waals surface area contributed by atoms with E-state index < -0.39 is 0 Å². The number of nitrogens with one attached hydrogen (secondary N) is 1. The summed E-state index contributed by atoms with van der Waals surface area (Å²) in [5.41, 5.74) is 3.90. The predicted octanol–water partition coefficient (Wildman–Crippen LogP) is 6.19. The van der Waals surface area contributed by atoms with Crippen LogP contribution in [0.15, 0.2) is 72.8 Å². The van der Waals surface area contributed by atoms with Crippen LogP contribution in [0.2, 0.25) is 10.0 Å². The summed E-state index contributed by atoms with van der Waals surface area (Å²) < 4.78 is 5.18. The van der Waals surface area contributed by atoms with Crippen LogP contribution in [0.25, 0.3) is 22.2 Å². The molecule has 0 radical (unpaired) electrons. The second kappa shape index (κ2) is 9.38. The van der Waals surface area contributed by atoms with E-state index in [-0.39, 0.29) is 5.91 Å². The first kappa shape index (κ1) is 21.2. The van der Waals surface area contributed by atoms with Crippen LogP contribution in [0.5, 0.6) is 5.75 Å². The van der Waals surface area contributed by atoms with Gasteiger partial charge in [-0.25, -0.2) is 4.98 Å². The number of amides is 1. The summed E-state index contributed by atoms with van der Waals surface area (Å²) in [5, 5.41) is 4.74. The first-order chi connectivity index (χ1) is 15.0. The minimum atomic E-state index is -0.145. The number of para-hydroxylation sites is 1. The molecule has 0 unspecified atom stereocenters. The fraction of sp³-hybridized carbons (Fsp3) is 0.120. The van der Waals surface area contributed by atoms with E-state index in [1.165, 1.54) is 0 Å².